The molecule has 0 radical (unpaired) electrons. The molecule has 1 aliphatic rings. The summed E-state index contributed by atoms with van der Waals surface area (Å²) in [6.07, 6.45) is 0. The Hall–Kier alpha value is -2.70. The maximum atomic E-state index is 13.7. The van der Waals surface area contributed by atoms with Gasteiger partial charge in [0.15, 0.2) is 17.5 Å². The molecule has 4 nitrogen and oxygen atoms in total. The van der Waals surface area contributed by atoms with Crippen LogP contribution in [0.5, 0.6) is 0 Å². The van der Waals surface area contributed by atoms with E-state index in [0.29, 0.717) is 26.2 Å². The number of hydrogen-bond acceptors (Lipinski definition) is 2. The van der Waals surface area contributed by atoms with E-state index in [4.69, 9.17) is 0 Å². The van der Waals surface area contributed by atoms with Gasteiger partial charge in [-0.3, -0.25) is 0 Å². The van der Waals surface area contributed by atoms with Crippen LogP contribution in [-0.4, -0.2) is 37.1 Å². The van der Waals surface area contributed by atoms with Crippen molar-refractivity contribution in [1.82, 2.24) is 4.90 Å². The van der Waals surface area contributed by atoms with Gasteiger partial charge in [0.1, 0.15) is 0 Å². The number of nitrogens with zero attached hydrogens (tertiary/aromatic N) is 2. The van der Waals surface area contributed by atoms with Gasteiger partial charge >= 0.3 is 6.03 Å². The van der Waals surface area contributed by atoms with Gasteiger partial charge in [-0.05, 0) is 35.2 Å². The number of rotatable bonds is 2. The highest BCUT2D eigenvalue weighted by Crippen LogP contribution is 2.26. The molecule has 7 heteroatoms. The van der Waals surface area contributed by atoms with Crippen molar-refractivity contribution in [3.8, 4) is 0 Å². The van der Waals surface area contributed by atoms with E-state index in [1.807, 2.05) is 0 Å². The fourth-order valence-corrected chi connectivity index (χ4v) is 3.16. The fourth-order valence-electron chi connectivity index (χ4n) is 3.16. The maximum absolute atomic E-state index is 13.7. The van der Waals surface area contributed by atoms with E-state index in [1.54, 1.807) is 0 Å². The van der Waals surface area contributed by atoms with Crippen molar-refractivity contribution >= 4 is 17.4 Å². The lowest BCUT2D eigenvalue weighted by Crippen LogP contribution is -2.50. The van der Waals surface area contributed by atoms with Crippen LogP contribution in [0.4, 0.5) is 29.3 Å². The van der Waals surface area contributed by atoms with Gasteiger partial charge in [-0.15, -0.1) is 0 Å². The number of amides is 2. The molecule has 3 rings (SSSR count). The van der Waals surface area contributed by atoms with Crippen LogP contribution in [-0.2, 0) is 5.41 Å². The minimum atomic E-state index is -1.60. The van der Waals surface area contributed by atoms with Gasteiger partial charge in [0.05, 0.1) is 5.69 Å². The third kappa shape index (κ3) is 4.24. The average molecular weight is 391 g/mol. The van der Waals surface area contributed by atoms with E-state index < -0.39 is 23.5 Å². The summed E-state index contributed by atoms with van der Waals surface area (Å²) in [6, 6.07) is 9.64. The predicted molar refractivity (Wildman–Crippen MR) is 104 cm³/mol. The second kappa shape index (κ2) is 7.73. The lowest BCUT2D eigenvalue weighted by Gasteiger charge is -2.36. The zero-order chi connectivity index (χ0) is 20.5. The van der Waals surface area contributed by atoms with Gasteiger partial charge in [-0.1, -0.05) is 32.9 Å². The second-order valence-corrected chi connectivity index (χ2v) is 7.92. The summed E-state index contributed by atoms with van der Waals surface area (Å²) >= 11 is 0. The second-order valence-electron chi connectivity index (χ2n) is 7.92. The summed E-state index contributed by atoms with van der Waals surface area (Å²) < 4.78 is 40.0. The Kier molecular flexibility index (Phi) is 5.54. The quantitative estimate of drug-likeness (QED) is 0.750. The number of urea groups is 1. The van der Waals surface area contributed by atoms with Crippen LogP contribution in [0.25, 0.3) is 0 Å². The van der Waals surface area contributed by atoms with Gasteiger partial charge in [0, 0.05) is 31.9 Å². The van der Waals surface area contributed by atoms with Gasteiger partial charge in [0.2, 0.25) is 0 Å². The highest BCUT2D eigenvalue weighted by atomic mass is 19.2. The first kappa shape index (κ1) is 20.0. The molecule has 0 aromatic heterocycles. The van der Waals surface area contributed by atoms with Gasteiger partial charge in [0.25, 0.3) is 0 Å². The molecular formula is C21H24F3N3O. The molecule has 1 fully saturated rings. The first-order valence-electron chi connectivity index (χ1n) is 9.22. The average Bonchev–Trinajstić information content (AvgIpc) is 2.68. The third-order valence-electron chi connectivity index (χ3n) is 4.94. The first-order chi connectivity index (χ1) is 13.2. The molecule has 150 valence electrons. The summed E-state index contributed by atoms with van der Waals surface area (Å²) in [5.41, 5.74) is 2.05. The molecule has 0 unspecified atom stereocenters. The molecule has 0 atom stereocenters. The number of piperazine rings is 1. The van der Waals surface area contributed by atoms with Gasteiger partial charge < -0.3 is 15.1 Å². The van der Waals surface area contributed by atoms with E-state index in [-0.39, 0.29) is 11.1 Å². The number of halogens is 3. The van der Waals surface area contributed by atoms with Gasteiger partial charge in [-0.2, -0.15) is 0 Å². The van der Waals surface area contributed by atoms with E-state index in [0.717, 1.165) is 17.8 Å². The molecule has 0 bridgehead atoms. The normalized spacial score (nSPS) is 14.9. The Morgan fingerprint density at radius 3 is 2.07 bits per heavy atom. The molecule has 1 saturated heterocycles. The Bertz CT molecular complexity index is 854. The predicted octanol–water partition coefficient (Wildman–Crippen LogP) is 4.76. The summed E-state index contributed by atoms with van der Waals surface area (Å²) in [5, 5.41) is 2.31. The lowest BCUT2D eigenvalue weighted by atomic mass is 9.87. The zero-order valence-electron chi connectivity index (χ0n) is 16.2. The van der Waals surface area contributed by atoms with Crippen LogP contribution < -0.4 is 10.2 Å². The van der Waals surface area contributed by atoms with Crippen LogP contribution in [0, 0.1) is 17.5 Å². The Labute approximate surface area is 162 Å². The molecule has 1 aliphatic heterocycles. The van der Waals surface area contributed by atoms with Crippen molar-refractivity contribution in [1.29, 1.82) is 0 Å². The van der Waals surface area contributed by atoms with Crippen LogP contribution >= 0.6 is 0 Å². The van der Waals surface area contributed by atoms with Crippen LogP contribution in [0.1, 0.15) is 26.3 Å². The smallest absolute Gasteiger partial charge is 0.322 e. The molecule has 2 aromatic rings. The van der Waals surface area contributed by atoms with Crippen molar-refractivity contribution in [3.05, 3.63) is 59.4 Å². The molecular weight excluding hydrogens is 367 g/mol. The number of anilines is 2. The van der Waals surface area contributed by atoms with Crippen molar-refractivity contribution < 1.29 is 18.0 Å². The summed E-state index contributed by atoms with van der Waals surface area (Å²) in [4.78, 5) is 16.0. The van der Waals surface area contributed by atoms with Crippen molar-refractivity contribution in [2.75, 3.05) is 36.4 Å². The van der Waals surface area contributed by atoms with E-state index >= 15 is 0 Å². The van der Waals surface area contributed by atoms with Crippen LogP contribution in [0.15, 0.2) is 36.4 Å². The standard InChI is InChI=1S/C21H24F3N3O/c1-21(2,3)14-4-6-15(7-5-14)26-10-12-27(13-11-26)20(28)25-17-9-8-16(22)18(23)19(17)24/h4-9H,10-13H2,1-3H3,(H,25,28). The van der Waals surface area contributed by atoms with Crippen molar-refractivity contribution in [2.24, 2.45) is 0 Å². The zero-order valence-corrected chi connectivity index (χ0v) is 16.2. The van der Waals surface area contributed by atoms with Crippen LogP contribution in [0.2, 0.25) is 0 Å². The van der Waals surface area contributed by atoms with E-state index in [9.17, 15) is 18.0 Å². The molecule has 28 heavy (non-hydrogen) atoms. The number of carbonyl (C=O) groups excluding carboxylic acids is 1. The molecule has 1 N–H and O–H groups in total. The summed E-state index contributed by atoms with van der Waals surface area (Å²) in [6.45, 7) is 8.63. The third-order valence-corrected chi connectivity index (χ3v) is 4.94. The largest absolute Gasteiger partial charge is 0.368 e. The minimum absolute atomic E-state index is 0.0877. The monoisotopic (exact) mass is 391 g/mol. The maximum Gasteiger partial charge on any atom is 0.322 e. The topological polar surface area (TPSA) is 35.6 Å². The molecule has 0 saturated carbocycles. The van der Waals surface area contributed by atoms with Crippen LogP contribution in [0.3, 0.4) is 0 Å². The molecule has 0 aliphatic carbocycles. The highest BCUT2D eigenvalue weighted by Gasteiger charge is 2.23. The first-order valence-corrected chi connectivity index (χ1v) is 9.22. The van der Waals surface area contributed by atoms with Crippen molar-refractivity contribution in [3.63, 3.8) is 0 Å². The fraction of sp³-hybridized carbons (Fsp3) is 0.381. The van der Waals surface area contributed by atoms with E-state index in [1.165, 1.54) is 10.5 Å². The number of carbonyl (C=O) groups is 1. The van der Waals surface area contributed by atoms with Gasteiger partial charge in [-0.25, -0.2) is 18.0 Å². The Morgan fingerprint density at radius 1 is 0.893 bits per heavy atom. The lowest BCUT2D eigenvalue weighted by molar-refractivity contribution is 0.208. The number of hydrogen-bond donors (Lipinski definition) is 1. The Morgan fingerprint density at radius 2 is 1.50 bits per heavy atom. The number of benzene rings is 2. The number of nitrogens with one attached hydrogen (secondary N) is 1. The van der Waals surface area contributed by atoms with Crippen molar-refractivity contribution in [2.45, 2.75) is 26.2 Å². The molecule has 1 heterocycles. The SMILES string of the molecule is CC(C)(C)c1ccc(N2CCN(C(=O)Nc3ccc(F)c(F)c3F)CC2)cc1. The van der Waals surface area contributed by atoms with E-state index in [2.05, 4.69) is 55.3 Å². The molecule has 2 aromatic carbocycles. The molecule has 2 amide bonds. The Balaban J connectivity index is 1.59. The highest BCUT2D eigenvalue weighted by molar-refractivity contribution is 5.89. The molecule has 0 spiro atoms. The summed E-state index contributed by atoms with van der Waals surface area (Å²) in [7, 11) is 0. The minimum Gasteiger partial charge on any atom is -0.368 e. The summed E-state index contributed by atoms with van der Waals surface area (Å²) in [5.74, 6) is -4.28.